The van der Waals surface area contributed by atoms with Crippen molar-refractivity contribution in [3.63, 3.8) is 0 Å². The molecular weight excluding hydrogens is 262 g/mol. The van der Waals surface area contributed by atoms with Crippen LogP contribution in [-0.2, 0) is 9.53 Å². The molecule has 0 saturated carbocycles. The first kappa shape index (κ1) is 17.0. The molecule has 3 nitrogen and oxygen atoms in total. The standard InChI is InChI=1S/C18H33NO2/c1-7-18(8-2)9-11-19(12-10-18)13-14-15(20)17(5,6)21-16(14,3)4/h14H,7-13H2,1-6H3. The Morgan fingerprint density at radius 3 is 2.00 bits per heavy atom. The van der Waals surface area contributed by atoms with Gasteiger partial charge in [-0.05, 0) is 59.0 Å². The van der Waals surface area contributed by atoms with E-state index in [1.165, 1.54) is 25.7 Å². The fourth-order valence-corrected chi connectivity index (χ4v) is 4.24. The molecule has 1 atom stereocenters. The van der Waals surface area contributed by atoms with E-state index in [1.807, 2.05) is 13.8 Å². The van der Waals surface area contributed by atoms with E-state index in [1.54, 1.807) is 0 Å². The SMILES string of the molecule is CCC1(CC)CCN(CC2C(=O)C(C)(C)OC2(C)C)CC1. The molecule has 0 aromatic rings. The molecule has 2 rings (SSSR count). The van der Waals surface area contributed by atoms with Crippen LogP contribution >= 0.6 is 0 Å². The third-order valence-electron chi connectivity index (χ3n) is 6.12. The first-order chi connectivity index (χ1) is 9.66. The lowest BCUT2D eigenvalue weighted by molar-refractivity contribution is -0.132. The fourth-order valence-electron chi connectivity index (χ4n) is 4.24. The number of carbonyl (C=O) groups excluding carboxylic acids is 1. The van der Waals surface area contributed by atoms with Crippen molar-refractivity contribution >= 4 is 5.78 Å². The van der Waals surface area contributed by atoms with Gasteiger partial charge in [0.05, 0.1) is 11.5 Å². The van der Waals surface area contributed by atoms with Crippen molar-refractivity contribution in [3.8, 4) is 0 Å². The molecule has 21 heavy (non-hydrogen) atoms. The second kappa shape index (κ2) is 5.66. The smallest absolute Gasteiger partial charge is 0.171 e. The van der Waals surface area contributed by atoms with Crippen LogP contribution in [0.25, 0.3) is 0 Å². The average Bonchev–Trinajstić information content (AvgIpc) is 2.58. The van der Waals surface area contributed by atoms with Crippen molar-refractivity contribution < 1.29 is 9.53 Å². The van der Waals surface area contributed by atoms with Crippen molar-refractivity contribution in [2.45, 2.75) is 78.4 Å². The summed E-state index contributed by atoms with van der Waals surface area (Å²) in [4.78, 5) is 15.1. The zero-order valence-corrected chi connectivity index (χ0v) is 14.8. The predicted octanol–water partition coefficient (Wildman–Crippen LogP) is 3.66. The zero-order valence-electron chi connectivity index (χ0n) is 14.8. The molecule has 0 amide bonds. The molecule has 2 aliphatic heterocycles. The van der Waals surface area contributed by atoms with E-state index in [0.29, 0.717) is 5.41 Å². The Hall–Kier alpha value is -0.410. The highest BCUT2D eigenvalue weighted by Crippen LogP contribution is 2.42. The van der Waals surface area contributed by atoms with Crippen LogP contribution in [0.1, 0.15) is 67.2 Å². The molecule has 0 aromatic carbocycles. The van der Waals surface area contributed by atoms with E-state index < -0.39 is 5.60 Å². The summed E-state index contributed by atoms with van der Waals surface area (Å²) in [5.41, 5.74) is -0.424. The largest absolute Gasteiger partial charge is 0.361 e. The highest BCUT2D eigenvalue weighted by molar-refractivity contribution is 5.91. The Labute approximate surface area is 130 Å². The molecule has 2 saturated heterocycles. The van der Waals surface area contributed by atoms with Crippen LogP contribution in [0.2, 0.25) is 0 Å². The van der Waals surface area contributed by atoms with Crippen LogP contribution in [0.3, 0.4) is 0 Å². The summed E-state index contributed by atoms with van der Waals surface area (Å²) in [6, 6.07) is 0. The van der Waals surface area contributed by atoms with E-state index in [2.05, 4.69) is 32.6 Å². The Morgan fingerprint density at radius 2 is 1.62 bits per heavy atom. The van der Waals surface area contributed by atoms with E-state index in [4.69, 9.17) is 4.74 Å². The summed E-state index contributed by atoms with van der Waals surface area (Å²) in [6.45, 7) is 15.7. The maximum Gasteiger partial charge on any atom is 0.171 e. The van der Waals surface area contributed by atoms with Gasteiger partial charge in [0.25, 0.3) is 0 Å². The van der Waals surface area contributed by atoms with Crippen molar-refractivity contribution in [3.05, 3.63) is 0 Å². The van der Waals surface area contributed by atoms with Crippen LogP contribution in [0.5, 0.6) is 0 Å². The van der Waals surface area contributed by atoms with Crippen molar-refractivity contribution in [2.75, 3.05) is 19.6 Å². The molecule has 0 aliphatic carbocycles. The minimum Gasteiger partial charge on any atom is -0.361 e. The molecule has 0 spiro atoms. The number of ether oxygens (including phenoxy) is 1. The van der Waals surface area contributed by atoms with Gasteiger partial charge in [-0.25, -0.2) is 0 Å². The first-order valence-corrected chi connectivity index (χ1v) is 8.63. The second-order valence-electron chi connectivity index (χ2n) is 8.14. The minimum atomic E-state index is -0.624. The summed E-state index contributed by atoms with van der Waals surface area (Å²) >= 11 is 0. The van der Waals surface area contributed by atoms with Crippen molar-refractivity contribution in [1.82, 2.24) is 4.90 Å². The highest BCUT2D eigenvalue weighted by atomic mass is 16.5. The van der Waals surface area contributed by atoms with E-state index >= 15 is 0 Å². The van der Waals surface area contributed by atoms with E-state index in [-0.39, 0.29) is 17.3 Å². The number of hydrogen-bond acceptors (Lipinski definition) is 3. The molecular formula is C18H33NO2. The minimum absolute atomic E-state index is 0.00301. The van der Waals surface area contributed by atoms with Crippen molar-refractivity contribution in [2.24, 2.45) is 11.3 Å². The molecule has 3 heteroatoms. The van der Waals surface area contributed by atoms with Gasteiger partial charge in [-0.2, -0.15) is 0 Å². The lowest BCUT2D eigenvalue weighted by Gasteiger charge is -2.42. The van der Waals surface area contributed by atoms with Gasteiger partial charge in [0.2, 0.25) is 0 Å². The molecule has 2 fully saturated rings. The maximum atomic E-state index is 12.6. The number of likely N-dealkylation sites (tertiary alicyclic amines) is 1. The van der Waals surface area contributed by atoms with Crippen LogP contribution in [0.15, 0.2) is 0 Å². The fraction of sp³-hybridized carbons (Fsp3) is 0.944. The summed E-state index contributed by atoms with van der Waals surface area (Å²) in [5.74, 6) is 0.276. The van der Waals surface area contributed by atoms with Crippen LogP contribution in [0.4, 0.5) is 0 Å². The number of nitrogens with zero attached hydrogens (tertiary/aromatic N) is 1. The number of hydrogen-bond donors (Lipinski definition) is 0. The molecule has 2 heterocycles. The van der Waals surface area contributed by atoms with Gasteiger partial charge >= 0.3 is 0 Å². The Morgan fingerprint density at radius 1 is 1.10 bits per heavy atom. The quantitative estimate of drug-likeness (QED) is 0.792. The Kier molecular flexibility index (Phi) is 4.57. The monoisotopic (exact) mass is 295 g/mol. The third kappa shape index (κ3) is 3.19. The summed E-state index contributed by atoms with van der Waals surface area (Å²) in [5, 5.41) is 0. The number of ketones is 1. The molecule has 122 valence electrons. The molecule has 0 N–H and O–H groups in total. The normalized spacial score (nSPS) is 31.5. The van der Waals surface area contributed by atoms with Gasteiger partial charge in [0, 0.05) is 6.54 Å². The number of piperidine rings is 1. The van der Waals surface area contributed by atoms with Gasteiger partial charge in [-0.15, -0.1) is 0 Å². The molecule has 0 bridgehead atoms. The van der Waals surface area contributed by atoms with Gasteiger partial charge in [0.1, 0.15) is 5.60 Å². The van der Waals surface area contributed by atoms with Gasteiger partial charge < -0.3 is 9.64 Å². The third-order valence-corrected chi connectivity index (χ3v) is 6.12. The number of Topliss-reactive ketones (excluding diaryl/α,β-unsaturated/α-hetero) is 1. The van der Waals surface area contributed by atoms with E-state index in [9.17, 15) is 4.79 Å². The summed E-state index contributed by atoms with van der Waals surface area (Å²) in [6.07, 6.45) is 5.10. The summed E-state index contributed by atoms with van der Waals surface area (Å²) in [7, 11) is 0. The molecule has 2 aliphatic rings. The zero-order chi connectivity index (χ0) is 15.9. The molecule has 0 aromatic heterocycles. The van der Waals surface area contributed by atoms with Gasteiger partial charge in [-0.3, -0.25) is 4.79 Å². The Balaban J connectivity index is 1.99. The average molecular weight is 295 g/mol. The van der Waals surface area contributed by atoms with Gasteiger partial charge in [0.15, 0.2) is 5.78 Å². The summed E-state index contributed by atoms with van der Waals surface area (Å²) < 4.78 is 6.01. The van der Waals surface area contributed by atoms with E-state index in [0.717, 1.165) is 19.6 Å². The Bertz CT molecular complexity index is 386. The van der Waals surface area contributed by atoms with Gasteiger partial charge in [-0.1, -0.05) is 26.7 Å². The number of rotatable bonds is 4. The topological polar surface area (TPSA) is 29.5 Å². The maximum absolute atomic E-state index is 12.6. The van der Waals surface area contributed by atoms with Crippen LogP contribution in [0, 0.1) is 11.3 Å². The second-order valence-corrected chi connectivity index (χ2v) is 8.14. The lowest BCUT2D eigenvalue weighted by Crippen LogP contribution is -2.46. The molecule has 1 unspecified atom stereocenters. The first-order valence-electron chi connectivity index (χ1n) is 8.63. The predicted molar refractivity (Wildman–Crippen MR) is 86.4 cm³/mol. The lowest BCUT2D eigenvalue weighted by atomic mass is 9.74. The highest BCUT2D eigenvalue weighted by Gasteiger charge is 2.53. The molecule has 0 radical (unpaired) electrons. The van der Waals surface area contributed by atoms with Crippen LogP contribution < -0.4 is 0 Å². The van der Waals surface area contributed by atoms with Crippen molar-refractivity contribution in [1.29, 1.82) is 0 Å². The number of carbonyl (C=O) groups is 1. The van der Waals surface area contributed by atoms with Crippen LogP contribution in [-0.4, -0.2) is 41.5 Å².